The van der Waals surface area contributed by atoms with Crippen molar-refractivity contribution in [2.75, 3.05) is 0 Å². The highest BCUT2D eigenvalue weighted by molar-refractivity contribution is 5.69. The van der Waals surface area contributed by atoms with E-state index in [-0.39, 0.29) is 0 Å². The van der Waals surface area contributed by atoms with Crippen molar-refractivity contribution >= 4 is 11.8 Å². The zero-order chi connectivity index (χ0) is 15.7. The van der Waals surface area contributed by atoms with E-state index in [0.717, 1.165) is 12.1 Å². The SMILES string of the molecule is CC(C)(C)OC(=O)NC1C=C(n2ccnc2)CCC1(C)O. The molecule has 6 nitrogen and oxygen atoms in total. The summed E-state index contributed by atoms with van der Waals surface area (Å²) in [5.41, 5.74) is -0.567. The Morgan fingerprint density at radius 3 is 2.86 bits per heavy atom. The number of nitrogens with zero attached hydrogens (tertiary/aromatic N) is 2. The minimum absolute atomic E-state index is 0.501. The molecule has 116 valence electrons. The predicted molar refractivity (Wildman–Crippen MR) is 79.5 cm³/mol. The van der Waals surface area contributed by atoms with Crippen molar-refractivity contribution in [1.82, 2.24) is 14.9 Å². The third kappa shape index (κ3) is 4.07. The highest BCUT2D eigenvalue weighted by Crippen LogP contribution is 2.30. The second kappa shape index (κ2) is 5.52. The van der Waals surface area contributed by atoms with Crippen molar-refractivity contribution < 1.29 is 14.6 Å². The minimum Gasteiger partial charge on any atom is -0.444 e. The summed E-state index contributed by atoms with van der Waals surface area (Å²) in [5, 5.41) is 13.2. The summed E-state index contributed by atoms with van der Waals surface area (Å²) in [6.45, 7) is 7.13. The second-order valence-corrected chi connectivity index (χ2v) is 6.61. The van der Waals surface area contributed by atoms with E-state index in [9.17, 15) is 9.90 Å². The Labute approximate surface area is 124 Å². The number of carbonyl (C=O) groups excluding carboxylic acids is 1. The van der Waals surface area contributed by atoms with Crippen LogP contribution in [-0.2, 0) is 4.74 Å². The third-order valence-electron chi connectivity index (χ3n) is 3.42. The molecule has 1 aliphatic carbocycles. The molecule has 1 aromatic heterocycles. The summed E-state index contributed by atoms with van der Waals surface area (Å²) in [6.07, 6.45) is 7.84. The van der Waals surface area contributed by atoms with E-state index in [1.54, 1.807) is 40.2 Å². The molecule has 1 heterocycles. The first-order valence-corrected chi connectivity index (χ1v) is 7.08. The average molecular weight is 293 g/mol. The lowest BCUT2D eigenvalue weighted by Gasteiger charge is -2.36. The van der Waals surface area contributed by atoms with Gasteiger partial charge in [-0.25, -0.2) is 9.78 Å². The number of alkyl carbamates (subject to hydrolysis) is 1. The van der Waals surface area contributed by atoms with Crippen LogP contribution in [0.25, 0.3) is 5.70 Å². The highest BCUT2D eigenvalue weighted by atomic mass is 16.6. The summed E-state index contributed by atoms with van der Waals surface area (Å²) < 4.78 is 7.14. The maximum Gasteiger partial charge on any atom is 0.408 e. The van der Waals surface area contributed by atoms with Crippen molar-refractivity contribution in [1.29, 1.82) is 0 Å². The van der Waals surface area contributed by atoms with Crippen LogP contribution in [0.4, 0.5) is 4.79 Å². The molecule has 1 amide bonds. The maximum absolute atomic E-state index is 11.9. The van der Waals surface area contributed by atoms with Crippen LogP contribution in [-0.4, -0.2) is 38.0 Å². The quantitative estimate of drug-likeness (QED) is 0.876. The van der Waals surface area contributed by atoms with Gasteiger partial charge in [-0.2, -0.15) is 0 Å². The van der Waals surface area contributed by atoms with E-state index in [1.807, 2.05) is 16.8 Å². The summed E-state index contributed by atoms with van der Waals surface area (Å²) in [4.78, 5) is 15.9. The number of allylic oxidation sites excluding steroid dienone is 1. The molecule has 0 aromatic carbocycles. The van der Waals surface area contributed by atoms with Crippen LogP contribution in [0.3, 0.4) is 0 Å². The topological polar surface area (TPSA) is 76.4 Å². The van der Waals surface area contributed by atoms with Crippen LogP contribution in [0.1, 0.15) is 40.5 Å². The zero-order valence-corrected chi connectivity index (χ0v) is 13.0. The average Bonchev–Trinajstić information content (AvgIpc) is 2.83. The number of amides is 1. The van der Waals surface area contributed by atoms with Gasteiger partial charge in [-0.1, -0.05) is 0 Å². The van der Waals surface area contributed by atoms with E-state index in [4.69, 9.17) is 4.74 Å². The highest BCUT2D eigenvalue weighted by Gasteiger charge is 2.36. The van der Waals surface area contributed by atoms with Gasteiger partial charge >= 0.3 is 6.09 Å². The van der Waals surface area contributed by atoms with Crippen LogP contribution in [0, 0.1) is 0 Å². The molecule has 1 aromatic rings. The third-order valence-corrected chi connectivity index (χ3v) is 3.42. The first-order valence-electron chi connectivity index (χ1n) is 7.08. The second-order valence-electron chi connectivity index (χ2n) is 6.61. The lowest BCUT2D eigenvalue weighted by molar-refractivity contribution is 0.0103. The Bertz CT molecular complexity index is 527. The van der Waals surface area contributed by atoms with E-state index >= 15 is 0 Å². The zero-order valence-electron chi connectivity index (χ0n) is 13.0. The lowest BCUT2D eigenvalue weighted by Crippen LogP contribution is -2.52. The van der Waals surface area contributed by atoms with Crippen molar-refractivity contribution in [3.63, 3.8) is 0 Å². The molecule has 0 bridgehead atoms. The molecule has 0 aliphatic heterocycles. The van der Waals surface area contributed by atoms with Gasteiger partial charge in [0.25, 0.3) is 0 Å². The van der Waals surface area contributed by atoms with Crippen molar-refractivity contribution in [3.05, 3.63) is 24.8 Å². The number of carbonyl (C=O) groups is 1. The van der Waals surface area contributed by atoms with Gasteiger partial charge in [0.1, 0.15) is 5.60 Å². The first kappa shape index (κ1) is 15.6. The summed E-state index contributed by atoms with van der Waals surface area (Å²) in [7, 11) is 0. The number of nitrogens with one attached hydrogen (secondary N) is 1. The maximum atomic E-state index is 11.9. The van der Waals surface area contributed by atoms with Crippen LogP contribution >= 0.6 is 0 Å². The summed E-state index contributed by atoms with van der Waals surface area (Å²) >= 11 is 0. The molecule has 0 fully saturated rings. The molecule has 2 unspecified atom stereocenters. The van der Waals surface area contributed by atoms with Gasteiger partial charge in [0.15, 0.2) is 0 Å². The molecule has 21 heavy (non-hydrogen) atoms. The van der Waals surface area contributed by atoms with Crippen LogP contribution < -0.4 is 5.32 Å². The van der Waals surface area contributed by atoms with E-state index in [1.165, 1.54) is 0 Å². The Morgan fingerprint density at radius 2 is 2.29 bits per heavy atom. The number of hydrogen-bond donors (Lipinski definition) is 2. The summed E-state index contributed by atoms with van der Waals surface area (Å²) in [6, 6.07) is -0.501. The van der Waals surface area contributed by atoms with Gasteiger partial charge in [-0.15, -0.1) is 0 Å². The van der Waals surface area contributed by atoms with Crippen molar-refractivity contribution in [2.24, 2.45) is 0 Å². The summed E-state index contributed by atoms with van der Waals surface area (Å²) in [5.74, 6) is 0. The van der Waals surface area contributed by atoms with Gasteiger partial charge in [0.2, 0.25) is 0 Å². The van der Waals surface area contributed by atoms with E-state index in [2.05, 4.69) is 10.3 Å². The van der Waals surface area contributed by atoms with Gasteiger partial charge in [0.05, 0.1) is 18.0 Å². The molecule has 2 atom stereocenters. The number of ether oxygens (including phenoxy) is 1. The fourth-order valence-electron chi connectivity index (χ4n) is 2.27. The van der Waals surface area contributed by atoms with Gasteiger partial charge in [-0.05, 0) is 46.6 Å². The van der Waals surface area contributed by atoms with Crippen molar-refractivity contribution in [3.8, 4) is 0 Å². The van der Waals surface area contributed by atoms with Crippen molar-refractivity contribution in [2.45, 2.75) is 57.8 Å². The Balaban J connectivity index is 2.14. The number of imidazole rings is 1. The van der Waals surface area contributed by atoms with Gasteiger partial charge in [0, 0.05) is 18.1 Å². The predicted octanol–water partition coefficient (Wildman–Crippen LogP) is 2.16. The Morgan fingerprint density at radius 1 is 1.57 bits per heavy atom. The fraction of sp³-hybridized carbons (Fsp3) is 0.600. The lowest BCUT2D eigenvalue weighted by atomic mass is 9.85. The number of rotatable bonds is 2. The number of aromatic nitrogens is 2. The largest absolute Gasteiger partial charge is 0.444 e. The molecule has 0 saturated heterocycles. The molecule has 0 radical (unpaired) electrons. The molecule has 0 spiro atoms. The molecular weight excluding hydrogens is 270 g/mol. The smallest absolute Gasteiger partial charge is 0.408 e. The van der Waals surface area contributed by atoms with E-state index in [0.29, 0.717) is 6.42 Å². The fourth-order valence-corrected chi connectivity index (χ4v) is 2.27. The Hall–Kier alpha value is -1.82. The first-order chi connectivity index (χ1) is 9.67. The molecule has 1 aliphatic rings. The number of hydrogen-bond acceptors (Lipinski definition) is 4. The number of aliphatic hydroxyl groups is 1. The minimum atomic E-state index is -0.999. The van der Waals surface area contributed by atoms with Gasteiger partial charge < -0.3 is 19.7 Å². The normalized spacial score (nSPS) is 26.1. The van der Waals surface area contributed by atoms with Crippen LogP contribution in [0.15, 0.2) is 24.8 Å². The molecule has 0 saturated carbocycles. The van der Waals surface area contributed by atoms with Crippen LogP contribution in [0.5, 0.6) is 0 Å². The van der Waals surface area contributed by atoms with Gasteiger partial charge in [-0.3, -0.25) is 0 Å². The van der Waals surface area contributed by atoms with E-state index < -0.39 is 23.3 Å². The Kier molecular flexibility index (Phi) is 4.09. The molecule has 2 N–H and O–H groups in total. The van der Waals surface area contributed by atoms with Crippen LogP contribution in [0.2, 0.25) is 0 Å². The standard InChI is InChI=1S/C15H23N3O3/c1-14(2,3)21-13(19)17-12-9-11(5-6-15(12,4)20)18-8-7-16-10-18/h7-10,12,20H,5-6H2,1-4H3,(H,17,19). The molecule has 6 heteroatoms. The molecular formula is C15H23N3O3. The monoisotopic (exact) mass is 293 g/mol. The molecule has 2 rings (SSSR count).